The molecular weight excluding hydrogens is 392 g/mol. The highest BCUT2D eigenvalue weighted by Crippen LogP contribution is 2.34. The molecule has 4 rings (SSSR count). The molecule has 142 valence electrons. The van der Waals surface area contributed by atoms with Crippen molar-refractivity contribution in [2.75, 3.05) is 12.9 Å². The highest BCUT2D eigenvalue weighted by Gasteiger charge is 2.24. The molecule has 0 bridgehead atoms. The van der Waals surface area contributed by atoms with Crippen LogP contribution in [0, 0.1) is 0 Å². The second-order valence-electron chi connectivity index (χ2n) is 6.10. The van der Waals surface area contributed by atoms with Gasteiger partial charge in [0, 0.05) is 11.9 Å². The number of carbonyl (C=O) groups is 1. The molecule has 0 aliphatic heterocycles. The lowest BCUT2D eigenvalue weighted by Crippen LogP contribution is -2.39. The molecule has 0 spiro atoms. The van der Waals surface area contributed by atoms with Crippen LogP contribution < -0.4 is 11.2 Å². The van der Waals surface area contributed by atoms with Gasteiger partial charge in [0.25, 0.3) is 10.8 Å². The van der Waals surface area contributed by atoms with Gasteiger partial charge in [0.2, 0.25) is 5.89 Å². The fourth-order valence-corrected chi connectivity index (χ4v) is 5.10. The van der Waals surface area contributed by atoms with E-state index in [0.29, 0.717) is 10.2 Å². The first-order valence-corrected chi connectivity index (χ1v) is 10.1. The molecule has 3 heterocycles. The Morgan fingerprint density at radius 3 is 2.93 bits per heavy atom. The zero-order chi connectivity index (χ0) is 19.1. The Morgan fingerprint density at radius 1 is 1.33 bits per heavy atom. The van der Waals surface area contributed by atoms with E-state index in [4.69, 9.17) is 4.42 Å². The fraction of sp³-hybridized carbons (Fsp3) is 0.438. The molecule has 0 fully saturated rings. The van der Waals surface area contributed by atoms with E-state index in [0.717, 1.165) is 41.2 Å². The number of rotatable bonds is 5. The van der Waals surface area contributed by atoms with Crippen LogP contribution in [0.1, 0.15) is 22.8 Å². The summed E-state index contributed by atoms with van der Waals surface area (Å²) >= 11 is 2.56. The van der Waals surface area contributed by atoms with Crippen LogP contribution in [0.2, 0.25) is 0 Å². The van der Waals surface area contributed by atoms with Gasteiger partial charge in [-0.15, -0.1) is 21.5 Å². The first-order valence-electron chi connectivity index (χ1n) is 8.25. The molecule has 9 nitrogen and oxygen atoms in total. The van der Waals surface area contributed by atoms with Gasteiger partial charge in [0.15, 0.2) is 0 Å². The molecule has 0 amide bonds. The predicted molar refractivity (Wildman–Crippen MR) is 99.5 cm³/mol. The van der Waals surface area contributed by atoms with Crippen molar-refractivity contribution in [3.05, 3.63) is 37.2 Å². The van der Waals surface area contributed by atoms with Gasteiger partial charge in [0.05, 0.1) is 12.5 Å². The van der Waals surface area contributed by atoms with Crippen LogP contribution in [-0.4, -0.2) is 38.2 Å². The zero-order valence-electron chi connectivity index (χ0n) is 14.7. The van der Waals surface area contributed by atoms with Gasteiger partial charge in [0.1, 0.15) is 17.1 Å². The summed E-state index contributed by atoms with van der Waals surface area (Å²) in [6, 6.07) is 0. The second-order valence-corrected chi connectivity index (χ2v) is 8.11. The Kier molecular flexibility index (Phi) is 4.64. The molecule has 11 heteroatoms. The molecule has 3 aromatic heterocycles. The minimum Gasteiger partial charge on any atom is -0.468 e. The lowest BCUT2D eigenvalue weighted by molar-refractivity contribution is -0.137. The van der Waals surface area contributed by atoms with Crippen LogP contribution in [0.15, 0.2) is 19.2 Å². The van der Waals surface area contributed by atoms with Gasteiger partial charge >= 0.3 is 11.7 Å². The molecule has 27 heavy (non-hydrogen) atoms. The molecule has 1 aliphatic rings. The van der Waals surface area contributed by atoms with E-state index in [1.807, 2.05) is 0 Å². The maximum absolute atomic E-state index is 13.0. The van der Waals surface area contributed by atoms with Gasteiger partial charge in [-0.3, -0.25) is 18.7 Å². The van der Waals surface area contributed by atoms with Crippen molar-refractivity contribution in [3.63, 3.8) is 0 Å². The Labute approximate surface area is 161 Å². The molecule has 0 radical (unpaired) electrons. The van der Waals surface area contributed by atoms with Crippen molar-refractivity contribution in [2.45, 2.75) is 31.0 Å². The fourth-order valence-electron chi connectivity index (χ4n) is 3.15. The van der Waals surface area contributed by atoms with E-state index < -0.39 is 11.7 Å². The van der Waals surface area contributed by atoms with Crippen LogP contribution in [0.25, 0.3) is 10.2 Å². The topological polar surface area (TPSA) is 109 Å². The predicted octanol–water partition coefficient (Wildman–Crippen LogP) is 0.947. The van der Waals surface area contributed by atoms with Gasteiger partial charge < -0.3 is 9.15 Å². The number of esters is 1. The van der Waals surface area contributed by atoms with E-state index in [1.54, 1.807) is 7.05 Å². The van der Waals surface area contributed by atoms with Crippen molar-refractivity contribution in [1.29, 1.82) is 0 Å². The van der Waals surface area contributed by atoms with Gasteiger partial charge in [-0.05, 0) is 24.8 Å². The molecule has 1 aliphatic carbocycles. The highest BCUT2D eigenvalue weighted by molar-refractivity contribution is 7.99. The van der Waals surface area contributed by atoms with Gasteiger partial charge in [-0.1, -0.05) is 11.8 Å². The SMILES string of the molecule is COC(=O)CSc1nnc(Cn2c(=O)c3c4c(sc3n(C)c2=O)CCC4)o1. The molecule has 0 saturated heterocycles. The molecule has 0 saturated carbocycles. The Balaban J connectivity index is 1.69. The Hall–Kier alpha value is -2.40. The largest absolute Gasteiger partial charge is 0.468 e. The third-order valence-electron chi connectivity index (χ3n) is 4.47. The number of ether oxygens (including phenoxy) is 1. The third-order valence-corrected chi connectivity index (χ3v) is 6.63. The quantitative estimate of drug-likeness (QED) is 0.453. The van der Waals surface area contributed by atoms with Crippen molar-refractivity contribution in [3.8, 4) is 0 Å². The summed E-state index contributed by atoms with van der Waals surface area (Å²) in [6.07, 6.45) is 2.84. The third kappa shape index (κ3) is 3.10. The lowest BCUT2D eigenvalue weighted by atomic mass is 10.2. The number of thioether (sulfide) groups is 1. The molecule has 3 aromatic rings. The lowest BCUT2D eigenvalue weighted by Gasteiger charge is -2.07. The monoisotopic (exact) mass is 408 g/mol. The number of thiophene rings is 1. The molecule has 0 atom stereocenters. The van der Waals surface area contributed by atoms with Gasteiger partial charge in [-0.2, -0.15) is 0 Å². The number of hydrogen-bond donors (Lipinski definition) is 0. The number of hydrogen-bond acceptors (Lipinski definition) is 9. The summed E-state index contributed by atoms with van der Waals surface area (Å²) in [5, 5.41) is 8.50. The highest BCUT2D eigenvalue weighted by atomic mass is 32.2. The van der Waals surface area contributed by atoms with Crippen LogP contribution in [0.5, 0.6) is 0 Å². The number of aromatic nitrogens is 4. The number of carbonyl (C=O) groups excluding carboxylic acids is 1. The number of aryl methyl sites for hydroxylation is 3. The smallest absolute Gasteiger partial charge is 0.332 e. The Morgan fingerprint density at radius 2 is 2.15 bits per heavy atom. The zero-order valence-corrected chi connectivity index (χ0v) is 16.3. The summed E-state index contributed by atoms with van der Waals surface area (Å²) in [6.45, 7) is -0.113. The maximum atomic E-state index is 13.0. The van der Waals surface area contributed by atoms with E-state index in [-0.39, 0.29) is 29.0 Å². The van der Waals surface area contributed by atoms with E-state index in [9.17, 15) is 14.4 Å². The summed E-state index contributed by atoms with van der Waals surface area (Å²) in [5.74, 6) is -0.248. The first-order chi connectivity index (χ1) is 13.0. The average Bonchev–Trinajstić information content (AvgIpc) is 3.36. The summed E-state index contributed by atoms with van der Waals surface area (Å²) in [5.41, 5.74) is 0.313. The van der Waals surface area contributed by atoms with Crippen molar-refractivity contribution < 1.29 is 13.9 Å². The second kappa shape index (κ2) is 6.97. The summed E-state index contributed by atoms with van der Waals surface area (Å²) in [4.78, 5) is 38.7. The summed E-state index contributed by atoms with van der Waals surface area (Å²) < 4.78 is 12.6. The standard InChI is InChI=1S/C16H16N4O5S2/c1-19-14-12(8-4-3-5-9(8)27-14)13(22)20(16(19)23)6-10-17-18-15(25-10)26-7-11(21)24-2/h3-7H2,1-2H3. The van der Waals surface area contributed by atoms with Crippen LogP contribution in [0.4, 0.5) is 0 Å². The molecule has 0 unspecified atom stereocenters. The molecule has 0 aromatic carbocycles. The van der Waals surface area contributed by atoms with E-state index in [2.05, 4.69) is 14.9 Å². The number of methoxy groups -OCH3 is 1. The molecular formula is C16H16N4O5S2. The Bertz CT molecular complexity index is 1160. The van der Waals surface area contributed by atoms with Crippen molar-refractivity contribution in [2.24, 2.45) is 7.05 Å². The minimum absolute atomic E-state index is 0.0346. The number of nitrogens with zero attached hydrogens (tertiary/aromatic N) is 4. The normalized spacial score (nSPS) is 13.3. The van der Waals surface area contributed by atoms with Crippen LogP contribution >= 0.6 is 23.1 Å². The maximum Gasteiger partial charge on any atom is 0.332 e. The molecule has 0 N–H and O–H groups in total. The van der Waals surface area contributed by atoms with Crippen molar-refractivity contribution >= 4 is 39.3 Å². The first kappa shape index (κ1) is 18.0. The van der Waals surface area contributed by atoms with E-state index in [1.165, 1.54) is 27.9 Å². The average molecular weight is 408 g/mol. The van der Waals surface area contributed by atoms with Crippen molar-refractivity contribution in [1.82, 2.24) is 19.3 Å². The van der Waals surface area contributed by atoms with Crippen LogP contribution in [0.3, 0.4) is 0 Å². The van der Waals surface area contributed by atoms with Crippen LogP contribution in [-0.2, 0) is 36.0 Å². The van der Waals surface area contributed by atoms with Gasteiger partial charge in [-0.25, -0.2) is 4.79 Å². The summed E-state index contributed by atoms with van der Waals surface area (Å²) in [7, 11) is 2.96. The number of fused-ring (bicyclic) bond motifs is 3. The van der Waals surface area contributed by atoms with E-state index >= 15 is 0 Å². The minimum atomic E-state index is -0.422.